The Balaban J connectivity index is 2.57. The van der Waals surface area contributed by atoms with E-state index in [9.17, 15) is 4.79 Å². The molecule has 3 nitrogen and oxygen atoms in total. The van der Waals surface area contributed by atoms with Crippen molar-refractivity contribution < 1.29 is 4.79 Å². The Bertz CT molecular complexity index is 239. The third kappa shape index (κ3) is 3.74. The second kappa shape index (κ2) is 6.60. The molecule has 0 aromatic heterocycles. The molecule has 0 aliphatic heterocycles. The highest BCUT2D eigenvalue weighted by atomic mass is 32.1. The van der Waals surface area contributed by atoms with Gasteiger partial charge in [0.1, 0.15) is 0 Å². The fraction of sp³-hybridized carbons (Fsp3) is 0.900. The molecule has 1 fully saturated rings. The number of thiol groups is 1. The number of rotatable bonds is 7. The fourth-order valence-corrected chi connectivity index (χ4v) is 2.44. The van der Waals surface area contributed by atoms with E-state index in [1.54, 1.807) is 4.90 Å². The largest absolute Gasteiger partial charge is 0.366 e. The van der Waals surface area contributed by atoms with Crippen LogP contribution in [0.5, 0.6) is 0 Å². The SMILES string of the molecule is [B]NCCC(C1CC1)C([B])N(CC)C(=O)S. The molecule has 4 radical (unpaired) electrons. The number of hydrogen-bond donors (Lipinski definition) is 2. The van der Waals surface area contributed by atoms with Crippen molar-refractivity contribution >= 4 is 33.7 Å². The lowest BCUT2D eigenvalue weighted by Crippen LogP contribution is -2.44. The molecule has 0 aromatic rings. The summed E-state index contributed by atoms with van der Waals surface area (Å²) in [6.07, 6.45) is 3.32. The Hall–Kier alpha value is -0.0901. The van der Waals surface area contributed by atoms with E-state index in [1.807, 2.05) is 6.92 Å². The lowest BCUT2D eigenvalue weighted by molar-refractivity contribution is 0.195. The van der Waals surface area contributed by atoms with Gasteiger partial charge in [0, 0.05) is 6.54 Å². The van der Waals surface area contributed by atoms with Gasteiger partial charge in [-0.3, -0.25) is 4.79 Å². The Morgan fingerprint density at radius 3 is 2.62 bits per heavy atom. The molecule has 0 bridgehead atoms. The Morgan fingerprint density at radius 2 is 2.25 bits per heavy atom. The minimum atomic E-state index is -0.249. The highest BCUT2D eigenvalue weighted by molar-refractivity contribution is 7.96. The first-order valence-electron chi connectivity index (χ1n) is 5.80. The molecular formula is C10H18B2N2OS. The molecular weight excluding hydrogens is 218 g/mol. The van der Waals surface area contributed by atoms with Gasteiger partial charge in [-0.15, -0.1) is 0 Å². The van der Waals surface area contributed by atoms with Crippen LogP contribution < -0.4 is 5.23 Å². The van der Waals surface area contributed by atoms with Crippen LogP contribution in [0.1, 0.15) is 26.2 Å². The van der Waals surface area contributed by atoms with Crippen molar-refractivity contribution in [3.05, 3.63) is 0 Å². The van der Waals surface area contributed by atoms with Crippen LogP contribution in [0.25, 0.3) is 0 Å². The minimum absolute atomic E-state index is 0.240. The molecule has 0 aromatic carbocycles. The summed E-state index contributed by atoms with van der Waals surface area (Å²) in [7, 11) is 11.4. The van der Waals surface area contributed by atoms with Gasteiger partial charge in [0.15, 0.2) is 7.98 Å². The first-order chi connectivity index (χ1) is 7.61. The van der Waals surface area contributed by atoms with Gasteiger partial charge in [-0.05, 0) is 50.5 Å². The van der Waals surface area contributed by atoms with E-state index in [4.69, 9.17) is 15.8 Å². The van der Waals surface area contributed by atoms with E-state index in [1.165, 1.54) is 12.8 Å². The molecule has 16 heavy (non-hydrogen) atoms. The zero-order valence-electron chi connectivity index (χ0n) is 9.72. The molecule has 2 unspecified atom stereocenters. The average molecular weight is 236 g/mol. The van der Waals surface area contributed by atoms with Crippen LogP contribution in [0, 0.1) is 11.8 Å². The monoisotopic (exact) mass is 236 g/mol. The van der Waals surface area contributed by atoms with Crippen LogP contribution in [0.4, 0.5) is 4.79 Å². The zero-order valence-corrected chi connectivity index (χ0v) is 10.6. The summed E-state index contributed by atoms with van der Waals surface area (Å²) >= 11 is 3.85. The van der Waals surface area contributed by atoms with Crippen molar-refractivity contribution in [2.24, 2.45) is 11.8 Å². The highest BCUT2D eigenvalue weighted by Gasteiger charge is 2.36. The van der Waals surface area contributed by atoms with Gasteiger partial charge in [0.05, 0.1) is 7.85 Å². The van der Waals surface area contributed by atoms with E-state index < -0.39 is 0 Å². The Labute approximate surface area is 106 Å². The molecule has 0 saturated heterocycles. The summed E-state index contributed by atoms with van der Waals surface area (Å²) in [5, 5.41) is 2.40. The molecule has 2 atom stereocenters. The maximum absolute atomic E-state index is 11.3. The van der Waals surface area contributed by atoms with Crippen LogP contribution in [-0.2, 0) is 0 Å². The summed E-state index contributed by atoms with van der Waals surface area (Å²) in [6, 6.07) is 0. The lowest BCUT2D eigenvalue weighted by atomic mass is 9.77. The number of nitrogens with one attached hydrogen (secondary N) is 1. The van der Waals surface area contributed by atoms with Gasteiger partial charge in [0.25, 0.3) is 5.24 Å². The van der Waals surface area contributed by atoms with E-state index in [0.717, 1.165) is 13.0 Å². The van der Waals surface area contributed by atoms with Crippen molar-refractivity contribution in [1.29, 1.82) is 0 Å². The standard InChI is InChI=1S/C10H18B2N2OS/c1-2-14(10(15)16)9(11)8(5-6-13-12)7-3-4-7/h7-9,13H,2-6H2,1H3,(H,15,16). The predicted molar refractivity (Wildman–Crippen MR) is 70.9 cm³/mol. The number of amides is 1. The molecule has 1 rings (SSSR count). The first-order valence-corrected chi connectivity index (χ1v) is 6.25. The van der Waals surface area contributed by atoms with Crippen LogP contribution in [0.3, 0.4) is 0 Å². The summed E-state index contributed by atoms with van der Waals surface area (Å²) in [5.41, 5.74) is 0. The first kappa shape index (κ1) is 14.0. The van der Waals surface area contributed by atoms with Crippen molar-refractivity contribution in [2.75, 3.05) is 13.1 Å². The minimum Gasteiger partial charge on any atom is -0.366 e. The fourth-order valence-electron chi connectivity index (χ4n) is 2.16. The van der Waals surface area contributed by atoms with E-state index in [-0.39, 0.29) is 11.2 Å². The molecule has 1 N–H and O–H groups in total. The molecule has 86 valence electrons. The van der Waals surface area contributed by atoms with Crippen molar-refractivity contribution in [3.63, 3.8) is 0 Å². The van der Waals surface area contributed by atoms with Crippen LogP contribution in [-0.4, -0.2) is 45.0 Å². The maximum Gasteiger partial charge on any atom is 0.278 e. The normalized spacial score (nSPS) is 19.1. The van der Waals surface area contributed by atoms with E-state index >= 15 is 0 Å². The second-order valence-electron chi connectivity index (χ2n) is 4.30. The van der Waals surface area contributed by atoms with Crippen LogP contribution in [0.15, 0.2) is 0 Å². The Morgan fingerprint density at radius 1 is 1.62 bits per heavy atom. The van der Waals surface area contributed by atoms with Crippen molar-refractivity contribution in [3.8, 4) is 0 Å². The second-order valence-corrected chi connectivity index (χ2v) is 4.69. The maximum atomic E-state index is 11.3. The summed E-state index contributed by atoms with van der Waals surface area (Å²) in [6.45, 7) is 3.25. The zero-order chi connectivity index (χ0) is 12.1. The Kier molecular flexibility index (Phi) is 5.76. The smallest absolute Gasteiger partial charge is 0.278 e. The van der Waals surface area contributed by atoms with Gasteiger partial charge < -0.3 is 10.1 Å². The summed E-state index contributed by atoms with van der Waals surface area (Å²) in [4.78, 5) is 12.9. The van der Waals surface area contributed by atoms with Gasteiger partial charge >= 0.3 is 0 Å². The molecule has 1 saturated carbocycles. The molecule has 1 amide bonds. The van der Waals surface area contributed by atoms with Crippen molar-refractivity contribution in [1.82, 2.24) is 10.1 Å². The highest BCUT2D eigenvalue weighted by Crippen LogP contribution is 2.40. The quantitative estimate of drug-likeness (QED) is 0.509. The average Bonchev–Trinajstić information content (AvgIpc) is 3.03. The van der Waals surface area contributed by atoms with Gasteiger partial charge in [0.2, 0.25) is 0 Å². The molecule has 1 aliphatic rings. The predicted octanol–water partition coefficient (Wildman–Crippen LogP) is 0.942. The topological polar surface area (TPSA) is 32.3 Å². The molecule has 6 heteroatoms. The summed E-state index contributed by atoms with van der Waals surface area (Å²) in [5.74, 6) is 0.730. The molecule has 0 heterocycles. The van der Waals surface area contributed by atoms with Gasteiger partial charge in [-0.1, -0.05) is 12.6 Å². The van der Waals surface area contributed by atoms with Gasteiger partial charge in [-0.25, -0.2) is 0 Å². The van der Waals surface area contributed by atoms with Crippen LogP contribution >= 0.6 is 12.6 Å². The third-order valence-electron chi connectivity index (χ3n) is 3.23. The lowest BCUT2D eigenvalue weighted by Gasteiger charge is -2.34. The van der Waals surface area contributed by atoms with Crippen LogP contribution in [0.2, 0.25) is 0 Å². The summed E-state index contributed by atoms with van der Waals surface area (Å²) < 4.78 is 0. The van der Waals surface area contributed by atoms with Gasteiger partial charge in [-0.2, -0.15) is 0 Å². The number of carbonyl (C=O) groups excluding carboxylic acids is 1. The van der Waals surface area contributed by atoms with E-state index in [0.29, 0.717) is 18.4 Å². The molecule has 1 aliphatic carbocycles. The number of nitrogens with zero attached hydrogens (tertiary/aromatic N) is 1. The third-order valence-corrected chi connectivity index (χ3v) is 3.49. The number of carbonyl (C=O) groups is 1. The van der Waals surface area contributed by atoms with E-state index in [2.05, 4.69) is 17.9 Å². The molecule has 0 spiro atoms. The number of hydrogen-bond acceptors (Lipinski definition) is 2. The van der Waals surface area contributed by atoms with Crippen molar-refractivity contribution in [2.45, 2.75) is 32.1 Å².